The lowest BCUT2D eigenvalue weighted by atomic mass is 10.2. The average molecular weight is 385 g/mol. The number of benzene rings is 2. The van der Waals surface area contributed by atoms with Crippen LogP contribution in [0.15, 0.2) is 72.9 Å². The Kier molecular flexibility index (Phi) is 5.29. The fourth-order valence-electron chi connectivity index (χ4n) is 2.77. The first-order valence-electron chi connectivity index (χ1n) is 9.11. The number of aromatic nitrogens is 3. The lowest BCUT2D eigenvalue weighted by Gasteiger charge is -2.09. The molecule has 7 nitrogen and oxygen atoms in total. The Morgan fingerprint density at radius 1 is 0.931 bits per heavy atom. The molecule has 1 amide bonds. The molecule has 2 heterocycles. The summed E-state index contributed by atoms with van der Waals surface area (Å²) in [4.78, 5) is 16.5. The molecule has 0 aliphatic carbocycles. The van der Waals surface area contributed by atoms with Crippen molar-refractivity contribution < 1.29 is 9.53 Å². The molecule has 0 aliphatic rings. The lowest BCUT2D eigenvalue weighted by molar-refractivity contribution is -0.118. The van der Waals surface area contributed by atoms with E-state index in [9.17, 15) is 4.79 Å². The predicted octanol–water partition coefficient (Wildman–Crippen LogP) is 4.09. The van der Waals surface area contributed by atoms with Gasteiger partial charge in [-0.2, -0.15) is 0 Å². The van der Waals surface area contributed by atoms with Gasteiger partial charge in [-0.3, -0.25) is 9.78 Å². The molecule has 0 aliphatic heterocycles. The maximum absolute atomic E-state index is 12.0. The minimum atomic E-state index is -0.307. The van der Waals surface area contributed by atoms with Crippen molar-refractivity contribution in [2.24, 2.45) is 0 Å². The number of pyridine rings is 1. The van der Waals surface area contributed by atoms with Crippen LogP contribution in [0.25, 0.3) is 10.9 Å². The van der Waals surface area contributed by atoms with E-state index in [1.807, 2.05) is 61.5 Å². The van der Waals surface area contributed by atoms with Crippen molar-refractivity contribution >= 4 is 34.1 Å². The average Bonchev–Trinajstić information content (AvgIpc) is 2.75. The number of nitrogens with one attached hydrogen (secondary N) is 2. The van der Waals surface area contributed by atoms with Crippen molar-refractivity contribution in [1.82, 2.24) is 15.2 Å². The second kappa shape index (κ2) is 8.35. The molecule has 0 spiro atoms. The van der Waals surface area contributed by atoms with Gasteiger partial charge in [-0.05, 0) is 43.3 Å². The minimum absolute atomic E-state index is 0.105. The number of hydrogen-bond acceptors (Lipinski definition) is 6. The van der Waals surface area contributed by atoms with Crippen molar-refractivity contribution in [3.8, 4) is 5.75 Å². The maximum atomic E-state index is 12.0. The SMILES string of the molecule is Cc1ccc(OCC(=O)Nc2ccc(Nc3cccc4cccnc34)nn2)cc1. The third-order valence-corrected chi connectivity index (χ3v) is 4.22. The van der Waals surface area contributed by atoms with Gasteiger partial charge in [0.15, 0.2) is 18.2 Å². The highest BCUT2D eigenvalue weighted by atomic mass is 16.5. The second-order valence-electron chi connectivity index (χ2n) is 6.46. The zero-order chi connectivity index (χ0) is 20.1. The topological polar surface area (TPSA) is 89.0 Å². The number of hydrogen-bond donors (Lipinski definition) is 2. The first-order valence-corrected chi connectivity index (χ1v) is 9.11. The first-order chi connectivity index (χ1) is 14.2. The van der Waals surface area contributed by atoms with Crippen LogP contribution in [-0.2, 0) is 4.79 Å². The van der Waals surface area contributed by atoms with Gasteiger partial charge < -0.3 is 15.4 Å². The summed E-state index contributed by atoms with van der Waals surface area (Å²) in [5.74, 6) is 1.24. The molecule has 144 valence electrons. The summed E-state index contributed by atoms with van der Waals surface area (Å²) in [5.41, 5.74) is 2.81. The summed E-state index contributed by atoms with van der Waals surface area (Å²) in [7, 11) is 0. The number of amides is 1. The van der Waals surface area contributed by atoms with E-state index in [-0.39, 0.29) is 12.5 Å². The molecule has 0 saturated carbocycles. The normalized spacial score (nSPS) is 10.5. The van der Waals surface area contributed by atoms with Gasteiger partial charge in [0.2, 0.25) is 0 Å². The number of fused-ring (bicyclic) bond motifs is 1. The van der Waals surface area contributed by atoms with E-state index in [1.54, 1.807) is 18.3 Å². The number of nitrogens with zero attached hydrogens (tertiary/aromatic N) is 3. The number of carbonyl (C=O) groups is 1. The summed E-state index contributed by atoms with van der Waals surface area (Å²) in [6.45, 7) is 1.89. The van der Waals surface area contributed by atoms with Gasteiger partial charge in [-0.1, -0.05) is 35.9 Å². The molecule has 0 saturated heterocycles. The van der Waals surface area contributed by atoms with Gasteiger partial charge in [-0.25, -0.2) is 0 Å². The molecule has 29 heavy (non-hydrogen) atoms. The number of aryl methyl sites for hydroxylation is 1. The van der Waals surface area contributed by atoms with Crippen molar-refractivity contribution in [3.05, 3.63) is 78.5 Å². The van der Waals surface area contributed by atoms with Gasteiger partial charge in [0.25, 0.3) is 5.91 Å². The number of para-hydroxylation sites is 1. The van der Waals surface area contributed by atoms with E-state index in [0.29, 0.717) is 17.4 Å². The molecule has 2 aromatic carbocycles. The zero-order valence-corrected chi connectivity index (χ0v) is 15.8. The fourth-order valence-corrected chi connectivity index (χ4v) is 2.77. The van der Waals surface area contributed by atoms with Crippen LogP contribution in [0.5, 0.6) is 5.75 Å². The largest absolute Gasteiger partial charge is 0.484 e. The third kappa shape index (κ3) is 4.65. The number of anilines is 3. The molecule has 0 bridgehead atoms. The van der Waals surface area contributed by atoms with E-state index in [2.05, 4.69) is 25.8 Å². The summed E-state index contributed by atoms with van der Waals surface area (Å²) in [5, 5.41) is 15.1. The Hall–Kier alpha value is -4.00. The summed E-state index contributed by atoms with van der Waals surface area (Å²) >= 11 is 0. The van der Waals surface area contributed by atoms with E-state index in [1.165, 1.54) is 0 Å². The summed E-state index contributed by atoms with van der Waals surface area (Å²) in [6, 6.07) is 20.7. The van der Waals surface area contributed by atoms with Gasteiger partial charge >= 0.3 is 0 Å². The Labute approximate surface area is 167 Å². The molecular weight excluding hydrogens is 366 g/mol. The molecule has 7 heteroatoms. The van der Waals surface area contributed by atoms with Gasteiger partial charge in [0.1, 0.15) is 5.75 Å². The van der Waals surface area contributed by atoms with E-state index >= 15 is 0 Å². The van der Waals surface area contributed by atoms with Crippen LogP contribution in [0.4, 0.5) is 17.3 Å². The Balaban J connectivity index is 1.36. The molecule has 4 rings (SSSR count). The van der Waals surface area contributed by atoms with Crippen LogP contribution in [0.2, 0.25) is 0 Å². The van der Waals surface area contributed by atoms with Crippen molar-refractivity contribution in [2.75, 3.05) is 17.2 Å². The molecule has 0 atom stereocenters. The lowest BCUT2D eigenvalue weighted by Crippen LogP contribution is -2.21. The van der Waals surface area contributed by atoms with Gasteiger partial charge in [-0.15, -0.1) is 10.2 Å². The van der Waals surface area contributed by atoms with Gasteiger partial charge in [0, 0.05) is 11.6 Å². The van der Waals surface area contributed by atoms with Crippen LogP contribution >= 0.6 is 0 Å². The van der Waals surface area contributed by atoms with Crippen LogP contribution in [-0.4, -0.2) is 27.7 Å². The van der Waals surface area contributed by atoms with Crippen molar-refractivity contribution in [1.29, 1.82) is 0 Å². The van der Waals surface area contributed by atoms with Gasteiger partial charge in [0.05, 0.1) is 11.2 Å². The Morgan fingerprint density at radius 2 is 1.69 bits per heavy atom. The fraction of sp³-hybridized carbons (Fsp3) is 0.0909. The van der Waals surface area contributed by atoms with E-state index in [4.69, 9.17) is 4.74 Å². The first kappa shape index (κ1) is 18.4. The quantitative estimate of drug-likeness (QED) is 0.520. The smallest absolute Gasteiger partial charge is 0.263 e. The maximum Gasteiger partial charge on any atom is 0.263 e. The van der Waals surface area contributed by atoms with Crippen LogP contribution < -0.4 is 15.4 Å². The second-order valence-corrected chi connectivity index (χ2v) is 6.46. The highest BCUT2D eigenvalue weighted by molar-refractivity contribution is 5.92. The zero-order valence-electron chi connectivity index (χ0n) is 15.8. The summed E-state index contributed by atoms with van der Waals surface area (Å²) in [6.07, 6.45) is 1.75. The number of rotatable bonds is 6. The minimum Gasteiger partial charge on any atom is -0.484 e. The summed E-state index contributed by atoms with van der Waals surface area (Å²) < 4.78 is 5.46. The van der Waals surface area contributed by atoms with Crippen LogP contribution in [0, 0.1) is 6.92 Å². The number of ether oxygens (including phenoxy) is 1. The van der Waals surface area contributed by atoms with E-state index in [0.717, 1.165) is 22.2 Å². The molecule has 2 aromatic heterocycles. The standard InChI is InChI=1S/C22H19N5O2/c1-15-7-9-17(10-8-15)29-14-21(28)25-20-12-11-19(26-27-20)24-18-6-2-4-16-5-3-13-23-22(16)18/h2-13H,14H2,1H3,(H,24,26)(H,25,27,28). The van der Waals surface area contributed by atoms with Crippen LogP contribution in [0.1, 0.15) is 5.56 Å². The highest BCUT2D eigenvalue weighted by Gasteiger charge is 2.07. The Morgan fingerprint density at radius 3 is 2.48 bits per heavy atom. The number of carbonyl (C=O) groups excluding carboxylic acids is 1. The van der Waals surface area contributed by atoms with Crippen molar-refractivity contribution in [2.45, 2.75) is 6.92 Å². The van der Waals surface area contributed by atoms with Crippen LogP contribution in [0.3, 0.4) is 0 Å². The Bertz CT molecular complexity index is 1120. The van der Waals surface area contributed by atoms with E-state index < -0.39 is 0 Å². The van der Waals surface area contributed by atoms with Crippen molar-refractivity contribution in [3.63, 3.8) is 0 Å². The third-order valence-electron chi connectivity index (χ3n) is 4.22. The molecular formula is C22H19N5O2. The molecule has 0 radical (unpaired) electrons. The monoisotopic (exact) mass is 385 g/mol. The molecule has 0 unspecified atom stereocenters. The molecule has 4 aromatic rings. The highest BCUT2D eigenvalue weighted by Crippen LogP contribution is 2.23. The molecule has 0 fully saturated rings. The predicted molar refractivity (Wildman–Crippen MR) is 112 cm³/mol. The molecule has 2 N–H and O–H groups in total.